The van der Waals surface area contributed by atoms with Gasteiger partial charge in [-0.2, -0.15) is 0 Å². The normalized spacial score (nSPS) is 11.2. The Bertz CT molecular complexity index is 1720. The van der Waals surface area contributed by atoms with Crippen LogP contribution in [0.4, 0.5) is 11.4 Å². The lowest BCUT2D eigenvalue weighted by Crippen LogP contribution is -1.97. The zero-order valence-corrected chi connectivity index (χ0v) is 23.5. The van der Waals surface area contributed by atoms with Gasteiger partial charge in [0.2, 0.25) is 0 Å². The number of allylic oxidation sites excluding steroid dienone is 4. The van der Waals surface area contributed by atoms with Crippen LogP contribution in [-0.2, 0) is 0 Å². The van der Waals surface area contributed by atoms with Crippen LogP contribution in [0.3, 0.4) is 0 Å². The molecule has 0 amide bonds. The highest BCUT2D eigenvalue weighted by molar-refractivity contribution is 5.90. The van der Waals surface area contributed by atoms with Crippen molar-refractivity contribution in [1.82, 2.24) is 4.98 Å². The summed E-state index contributed by atoms with van der Waals surface area (Å²) in [6.45, 7) is 12.1. The molecule has 5 rings (SSSR count). The van der Waals surface area contributed by atoms with Gasteiger partial charge in [0, 0.05) is 28.1 Å². The summed E-state index contributed by atoms with van der Waals surface area (Å²) >= 11 is 0. The van der Waals surface area contributed by atoms with Crippen LogP contribution >= 0.6 is 0 Å². The summed E-state index contributed by atoms with van der Waals surface area (Å²) in [7, 11) is 0. The van der Waals surface area contributed by atoms with Crippen molar-refractivity contribution < 1.29 is 0 Å². The maximum Gasteiger partial charge on any atom is 0.0715 e. The molecule has 2 nitrogen and oxygen atoms in total. The molecule has 0 bridgehead atoms. The molecule has 1 heterocycles. The monoisotopic (exact) mass is 528 g/mol. The zero-order chi connectivity index (χ0) is 28.6. The van der Waals surface area contributed by atoms with Gasteiger partial charge in [0.05, 0.1) is 11.4 Å². The van der Waals surface area contributed by atoms with Crippen LogP contribution in [0.2, 0.25) is 0 Å². The predicted octanol–water partition coefficient (Wildman–Crippen LogP) is 10.7. The van der Waals surface area contributed by atoms with E-state index in [4.69, 9.17) is 4.98 Å². The van der Waals surface area contributed by atoms with Gasteiger partial charge >= 0.3 is 0 Å². The Labute approximate surface area is 243 Å². The average Bonchev–Trinajstić information content (AvgIpc) is 3.04. The first-order valence-corrected chi connectivity index (χ1v) is 13.7. The molecular weight excluding hydrogens is 496 g/mol. The molecular formula is C39H32N2. The number of rotatable bonds is 9. The van der Waals surface area contributed by atoms with E-state index in [0.29, 0.717) is 0 Å². The van der Waals surface area contributed by atoms with E-state index in [1.165, 1.54) is 0 Å². The Balaban J connectivity index is 1.54. The quantitative estimate of drug-likeness (QED) is 0.192. The van der Waals surface area contributed by atoms with Gasteiger partial charge in [-0.15, -0.1) is 0 Å². The number of benzene rings is 3. The molecule has 0 fully saturated rings. The summed E-state index contributed by atoms with van der Waals surface area (Å²) in [4.78, 5) is 5.01. The van der Waals surface area contributed by atoms with E-state index in [1.807, 2.05) is 68.5 Å². The van der Waals surface area contributed by atoms with Gasteiger partial charge in [-0.25, -0.2) is 4.98 Å². The molecule has 4 aromatic carbocycles. The highest BCUT2D eigenvalue weighted by Gasteiger charge is 2.14. The molecule has 0 spiro atoms. The topological polar surface area (TPSA) is 24.9 Å². The van der Waals surface area contributed by atoms with E-state index in [9.17, 15) is 0 Å². The number of nitrogens with one attached hydrogen (secondary N) is 1. The van der Waals surface area contributed by atoms with Crippen molar-refractivity contribution in [3.63, 3.8) is 0 Å². The molecule has 2 heteroatoms. The van der Waals surface area contributed by atoms with Gasteiger partial charge < -0.3 is 5.32 Å². The molecule has 0 aliphatic heterocycles. The molecule has 0 radical (unpaired) electrons. The first-order chi connectivity index (χ1) is 20.1. The summed E-state index contributed by atoms with van der Waals surface area (Å²) in [5.41, 5.74) is 12.3. The van der Waals surface area contributed by atoms with Gasteiger partial charge in [0.25, 0.3) is 0 Å². The molecule has 1 aromatic heterocycles. The molecule has 0 unspecified atom stereocenters. The fourth-order valence-corrected chi connectivity index (χ4v) is 4.94. The first-order valence-electron chi connectivity index (χ1n) is 13.7. The maximum atomic E-state index is 5.01. The minimum atomic E-state index is 0.948. The van der Waals surface area contributed by atoms with Gasteiger partial charge in [0.1, 0.15) is 0 Å². The lowest BCUT2D eigenvalue weighted by Gasteiger charge is -2.17. The number of hydrogen-bond acceptors (Lipinski definition) is 2. The van der Waals surface area contributed by atoms with E-state index in [-0.39, 0.29) is 0 Å². The molecule has 1 N–H and O–H groups in total. The van der Waals surface area contributed by atoms with Crippen molar-refractivity contribution in [3.8, 4) is 33.5 Å². The second-order valence-electron chi connectivity index (χ2n) is 9.55. The third kappa shape index (κ3) is 5.96. The maximum absolute atomic E-state index is 5.01. The van der Waals surface area contributed by atoms with Gasteiger partial charge in [-0.1, -0.05) is 110 Å². The molecule has 0 saturated heterocycles. The van der Waals surface area contributed by atoms with Gasteiger partial charge in [-0.3, -0.25) is 0 Å². The van der Waals surface area contributed by atoms with Crippen LogP contribution in [0, 0.1) is 12.1 Å². The first kappa shape index (κ1) is 27.2. The van der Waals surface area contributed by atoms with Crippen molar-refractivity contribution in [2.75, 3.05) is 5.32 Å². The van der Waals surface area contributed by atoms with Crippen molar-refractivity contribution in [1.29, 1.82) is 0 Å². The fourth-order valence-electron chi connectivity index (χ4n) is 4.94. The number of aromatic nitrogens is 1. The minimum Gasteiger partial charge on any atom is -0.355 e. The molecule has 0 saturated carbocycles. The number of pyridine rings is 1. The molecule has 198 valence electrons. The van der Waals surface area contributed by atoms with E-state index in [2.05, 4.69) is 103 Å². The third-order valence-corrected chi connectivity index (χ3v) is 6.97. The van der Waals surface area contributed by atoms with E-state index in [1.54, 1.807) is 0 Å². The van der Waals surface area contributed by atoms with Crippen molar-refractivity contribution in [3.05, 3.63) is 157 Å². The minimum absolute atomic E-state index is 0.948. The van der Waals surface area contributed by atoms with Crippen LogP contribution in [0.25, 0.3) is 51.2 Å². The van der Waals surface area contributed by atoms with Crippen molar-refractivity contribution in [2.45, 2.75) is 13.8 Å². The lowest BCUT2D eigenvalue weighted by molar-refractivity contribution is 1.28. The van der Waals surface area contributed by atoms with E-state index < -0.39 is 0 Å². The van der Waals surface area contributed by atoms with Crippen molar-refractivity contribution in [2.24, 2.45) is 0 Å². The highest BCUT2D eigenvalue weighted by Crippen LogP contribution is 2.37. The second-order valence-corrected chi connectivity index (χ2v) is 9.55. The summed E-state index contributed by atoms with van der Waals surface area (Å²) < 4.78 is 0. The Morgan fingerprint density at radius 1 is 0.805 bits per heavy atom. The Hall–Kier alpha value is -5.39. The van der Waals surface area contributed by atoms with Crippen LogP contribution in [-0.4, -0.2) is 4.98 Å². The standard InChI is InChI=1S/C39H32N2/c1-5-15-29(7-3)37-26-33(27-38(41-37)31-16-11-9-12-17-31)30-20-23-34(24-21-30)40-36-25-22-28(6-2)35(8-4)39(36)32-18-13-10-14-19-32/h5-13,15-18,20-27,40H,2,4H2,1,3H3/b15-5-,29-7+. The Morgan fingerprint density at radius 3 is 2.27 bits per heavy atom. The smallest absolute Gasteiger partial charge is 0.0715 e. The SMILES string of the molecule is C=Cc1ccc(Nc2ccc(-c3cc(C(/C=C\C)=C/C)nc(-c4ccccc4)c3)cc2)c(-c2c#cccc2)c1C=C. The molecule has 0 aliphatic rings. The summed E-state index contributed by atoms with van der Waals surface area (Å²) in [5.74, 6) is 0. The lowest BCUT2D eigenvalue weighted by atomic mass is 9.94. The summed E-state index contributed by atoms with van der Waals surface area (Å²) in [6, 6.07) is 39.5. The van der Waals surface area contributed by atoms with Crippen LogP contribution < -0.4 is 5.32 Å². The largest absolute Gasteiger partial charge is 0.355 e. The molecule has 5 aromatic rings. The Morgan fingerprint density at radius 2 is 1.61 bits per heavy atom. The van der Waals surface area contributed by atoms with Crippen LogP contribution in [0.15, 0.2) is 128 Å². The summed E-state index contributed by atoms with van der Waals surface area (Å²) in [6.07, 6.45) is 9.98. The molecule has 0 aliphatic carbocycles. The van der Waals surface area contributed by atoms with Crippen molar-refractivity contribution >= 4 is 29.1 Å². The van der Waals surface area contributed by atoms with E-state index >= 15 is 0 Å². The molecule has 0 atom stereocenters. The molecule has 41 heavy (non-hydrogen) atoms. The fraction of sp³-hybridized carbons (Fsp3) is 0.0513. The highest BCUT2D eigenvalue weighted by atomic mass is 14.9. The summed E-state index contributed by atoms with van der Waals surface area (Å²) in [5, 5.41) is 3.62. The number of anilines is 2. The van der Waals surface area contributed by atoms with Gasteiger partial charge in [-0.05, 0) is 84.1 Å². The second kappa shape index (κ2) is 12.6. The predicted molar refractivity (Wildman–Crippen MR) is 177 cm³/mol. The van der Waals surface area contributed by atoms with E-state index in [0.717, 1.165) is 67.3 Å². The Kier molecular flexibility index (Phi) is 8.38. The van der Waals surface area contributed by atoms with Gasteiger partial charge in [0.15, 0.2) is 0 Å². The van der Waals surface area contributed by atoms with Crippen LogP contribution in [0.1, 0.15) is 30.7 Å². The van der Waals surface area contributed by atoms with Crippen LogP contribution in [0.5, 0.6) is 0 Å². The number of hydrogen-bond donors (Lipinski definition) is 1. The third-order valence-electron chi connectivity index (χ3n) is 6.97. The number of nitrogens with zero attached hydrogens (tertiary/aromatic N) is 1. The average molecular weight is 529 g/mol. The zero-order valence-electron chi connectivity index (χ0n) is 23.5.